The average molecular weight is 348 g/mol. The highest BCUT2D eigenvalue weighted by Crippen LogP contribution is 2.28. The number of nitrogens with zero attached hydrogens (tertiary/aromatic N) is 1. The standard InChI is InChI=1S/C23H29N3/c1-16-6-8-20(9-7-16)15-26-19(4)17(2)22-14-21(10-11-23(22)26)18(3)25-13-12-24-5/h6-11,14,24-25H,3,12-13,15H2,1-2,4-5H3. The first-order valence-corrected chi connectivity index (χ1v) is 9.24. The van der Waals surface area contributed by atoms with Gasteiger partial charge < -0.3 is 15.2 Å². The lowest BCUT2D eigenvalue weighted by Crippen LogP contribution is -2.23. The van der Waals surface area contributed by atoms with Crippen molar-refractivity contribution in [3.05, 3.63) is 77.0 Å². The van der Waals surface area contributed by atoms with Gasteiger partial charge in [0.05, 0.1) is 0 Å². The van der Waals surface area contributed by atoms with Gasteiger partial charge in [0, 0.05) is 41.9 Å². The SMILES string of the molecule is C=C(NCCNC)c1ccc2c(c1)c(C)c(C)n2Cc1ccc(C)cc1. The van der Waals surface area contributed by atoms with Crippen LogP contribution in [-0.2, 0) is 6.54 Å². The Morgan fingerprint density at radius 2 is 1.73 bits per heavy atom. The van der Waals surface area contributed by atoms with Crippen LogP contribution in [0.4, 0.5) is 0 Å². The zero-order chi connectivity index (χ0) is 18.7. The Hall–Kier alpha value is -2.52. The smallest absolute Gasteiger partial charge is 0.0488 e. The number of likely N-dealkylation sites (N-methyl/N-ethyl adjacent to an activating group) is 1. The summed E-state index contributed by atoms with van der Waals surface area (Å²) in [6, 6.07) is 15.5. The number of fused-ring (bicyclic) bond motifs is 1. The molecule has 3 nitrogen and oxygen atoms in total. The summed E-state index contributed by atoms with van der Waals surface area (Å²) >= 11 is 0. The maximum Gasteiger partial charge on any atom is 0.0488 e. The molecule has 0 spiro atoms. The third-order valence-corrected chi connectivity index (χ3v) is 5.16. The molecule has 0 aliphatic carbocycles. The molecule has 2 N–H and O–H groups in total. The number of nitrogens with one attached hydrogen (secondary N) is 2. The molecule has 3 heteroatoms. The number of rotatable bonds is 7. The number of hydrogen-bond donors (Lipinski definition) is 2. The summed E-state index contributed by atoms with van der Waals surface area (Å²) < 4.78 is 2.41. The summed E-state index contributed by atoms with van der Waals surface area (Å²) in [5.74, 6) is 0. The Kier molecular flexibility index (Phi) is 5.48. The lowest BCUT2D eigenvalue weighted by atomic mass is 10.1. The summed E-state index contributed by atoms with van der Waals surface area (Å²) in [6.07, 6.45) is 0. The van der Waals surface area contributed by atoms with Crippen molar-refractivity contribution < 1.29 is 0 Å². The third kappa shape index (κ3) is 3.68. The molecule has 0 atom stereocenters. The van der Waals surface area contributed by atoms with Crippen LogP contribution in [0.2, 0.25) is 0 Å². The van der Waals surface area contributed by atoms with Crippen LogP contribution in [0, 0.1) is 20.8 Å². The molecule has 0 unspecified atom stereocenters. The van der Waals surface area contributed by atoms with Gasteiger partial charge >= 0.3 is 0 Å². The van der Waals surface area contributed by atoms with E-state index in [1.165, 1.54) is 33.3 Å². The first kappa shape index (κ1) is 18.3. The Bertz CT molecular complexity index is 917. The highest BCUT2D eigenvalue weighted by molar-refractivity contribution is 5.88. The molecule has 0 fully saturated rings. The van der Waals surface area contributed by atoms with Gasteiger partial charge in [0.1, 0.15) is 0 Å². The lowest BCUT2D eigenvalue weighted by Gasteiger charge is -2.11. The molecule has 0 saturated heterocycles. The molecule has 0 aliphatic heterocycles. The maximum absolute atomic E-state index is 4.19. The van der Waals surface area contributed by atoms with Gasteiger partial charge in [0.2, 0.25) is 0 Å². The van der Waals surface area contributed by atoms with Gasteiger partial charge in [0.25, 0.3) is 0 Å². The van der Waals surface area contributed by atoms with Crippen molar-refractivity contribution in [3.8, 4) is 0 Å². The summed E-state index contributed by atoms with van der Waals surface area (Å²) in [6.45, 7) is 13.4. The lowest BCUT2D eigenvalue weighted by molar-refractivity contribution is 0.749. The molecule has 0 bridgehead atoms. The largest absolute Gasteiger partial charge is 0.384 e. The van der Waals surface area contributed by atoms with Crippen LogP contribution < -0.4 is 10.6 Å². The van der Waals surface area contributed by atoms with Crippen molar-refractivity contribution in [3.63, 3.8) is 0 Å². The minimum atomic E-state index is 0.875. The van der Waals surface area contributed by atoms with Crippen LogP contribution in [-0.4, -0.2) is 24.7 Å². The van der Waals surface area contributed by atoms with Gasteiger partial charge in [-0.05, 0) is 56.6 Å². The number of benzene rings is 2. The van der Waals surface area contributed by atoms with E-state index in [2.05, 4.69) is 85.0 Å². The Labute approximate surface area is 156 Å². The second kappa shape index (κ2) is 7.79. The van der Waals surface area contributed by atoms with Crippen LogP contribution in [0.25, 0.3) is 16.6 Å². The van der Waals surface area contributed by atoms with E-state index in [1.54, 1.807) is 0 Å². The molecule has 0 saturated carbocycles. The van der Waals surface area contributed by atoms with Crippen molar-refractivity contribution in [2.24, 2.45) is 0 Å². The van der Waals surface area contributed by atoms with Gasteiger partial charge in [-0.1, -0.05) is 42.5 Å². The number of aryl methyl sites for hydroxylation is 2. The van der Waals surface area contributed by atoms with E-state index in [0.717, 1.165) is 30.9 Å². The van der Waals surface area contributed by atoms with Crippen LogP contribution in [0.3, 0.4) is 0 Å². The van der Waals surface area contributed by atoms with Crippen LogP contribution in [0.1, 0.15) is 27.9 Å². The second-order valence-corrected chi connectivity index (χ2v) is 7.02. The van der Waals surface area contributed by atoms with E-state index in [4.69, 9.17) is 0 Å². The predicted molar refractivity (Wildman–Crippen MR) is 113 cm³/mol. The van der Waals surface area contributed by atoms with Gasteiger partial charge in [-0.2, -0.15) is 0 Å². The molecular weight excluding hydrogens is 318 g/mol. The normalized spacial score (nSPS) is 11.1. The van der Waals surface area contributed by atoms with Gasteiger partial charge in [0.15, 0.2) is 0 Å². The fourth-order valence-corrected chi connectivity index (χ4v) is 3.36. The molecule has 3 aromatic rings. The average Bonchev–Trinajstić information content (AvgIpc) is 2.88. The van der Waals surface area contributed by atoms with Gasteiger partial charge in [-0.3, -0.25) is 0 Å². The van der Waals surface area contributed by atoms with E-state index in [1.807, 2.05) is 7.05 Å². The molecule has 1 aromatic heterocycles. The summed E-state index contributed by atoms with van der Waals surface area (Å²) in [5, 5.41) is 7.84. The Morgan fingerprint density at radius 3 is 2.42 bits per heavy atom. The van der Waals surface area contributed by atoms with Crippen molar-refractivity contribution in [1.29, 1.82) is 0 Å². The minimum absolute atomic E-state index is 0.875. The van der Waals surface area contributed by atoms with Crippen molar-refractivity contribution in [2.75, 3.05) is 20.1 Å². The minimum Gasteiger partial charge on any atom is -0.384 e. The third-order valence-electron chi connectivity index (χ3n) is 5.16. The highest BCUT2D eigenvalue weighted by Gasteiger charge is 2.12. The Morgan fingerprint density at radius 1 is 1.00 bits per heavy atom. The first-order chi connectivity index (χ1) is 12.5. The fraction of sp³-hybridized carbons (Fsp3) is 0.304. The quantitative estimate of drug-likeness (QED) is 0.621. The summed E-state index contributed by atoms with van der Waals surface area (Å²) in [7, 11) is 1.96. The molecule has 0 amide bonds. The molecule has 0 radical (unpaired) electrons. The topological polar surface area (TPSA) is 29.0 Å². The summed E-state index contributed by atoms with van der Waals surface area (Å²) in [4.78, 5) is 0. The number of hydrogen-bond acceptors (Lipinski definition) is 2. The zero-order valence-electron chi connectivity index (χ0n) is 16.3. The highest BCUT2D eigenvalue weighted by atomic mass is 15.0. The van der Waals surface area contributed by atoms with Gasteiger partial charge in [-0.25, -0.2) is 0 Å². The number of aromatic nitrogens is 1. The van der Waals surface area contributed by atoms with E-state index >= 15 is 0 Å². The molecule has 136 valence electrons. The van der Waals surface area contributed by atoms with Crippen LogP contribution in [0.15, 0.2) is 49.0 Å². The Balaban J connectivity index is 1.92. The molecule has 26 heavy (non-hydrogen) atoms. The molecular formula is C23H29N3. The van der Waals surface area contributed by atoms with Crippen molar-refractivity contribution >= 4 is 16.6 Å². The molecule has 0 aliphatic rings. The predicted octanol–water partition coefficient (Wildman–Crippen LogP) is 4.39. The van der Waals surface area contributed by atoms with Crippen molar-refractivity contribution in [2.45, 2.75) is 27.3 Å². The van der Waals surface area contributed by atoms with E-state index in [0.29, 0.717) is 0 Å². The van der Waals surface area contributed by atoms with E-state index in [-0.39, 0.29) is 0 Å². The maximum atomic E-state index is 4.19. The van der Waals surface area contributed by atoms with Crippen LogP contribution >= 0.6 is 0 Å². The zero-order valence-corrected chi connectivity index (χ0v) is 16.3. The first-order valence-electron chi connectivity index (χ1n) is 9.24. The monoisotopic (exact) mass is 347 g/mol. The van der Waals surface area contributed by atoms with Gasteiger partial charge in [-0.15, -0.1) is 0 Å². The molecule has 2 aromatic carbocycles. The summed E-state index contributed by atoms with van der Waals surface area (Å²) in [5.41, 5.74) is 8.72. The molecule has 3 rings (SSSR count). The van der Waals surface area contributed by atoms with E-state index < -0.39 is 0 Å². The van der Waals surface area contributed by atoms with E-state index in [9.17, 15) is 0 Å². The molecule has 1 heterocycles. The fourth-order valence-electron chi connectivity index (χ4n) is 3.36. The van der Waals surface area contributed by atoms with Crippen LogP contribution in [0.5, 0.6) is 0 Å². The van der Waals surface area contributed by atoms with Crippen molar-refractivity contribution in [1.82, 2.24) is 15.2 Å². The second-order valence-electron chi connectivity index (χ2n) is 7.02.